The number of hydrogen-bond acceptors (Lipinski definition) is 3. The van der Waals surface area contributed by atoms with Gasteiger partial charge in [-0.3, -0.25) is 4.79 Å². The summed E-state index contributed by atoms with van der Waals surface area (Å²) in [5.74, 6) is -1.34. The normalized spacial score (nSPS) is 11.3. The first-order valence-corrected chi connectivity index (χ1v) is 5.89. The number of carboxylic acids is 1. The van der Waals surface area contributed by atoms with E-state index in [0.717, 1.165) is 0 Å². The molecule has 0 heterocycles. The maximum absolute atomic E-state index is 10.9. The molecule has 0 fully saturated rings. The molecule has 0 atom stereocenters. The van der Waals surface area contributed by atoms with Crippen molar-refractivity contribution in [3.05, 3.63) is 35.4 Å². The van der Waals surface area contributed by atoms with Crippen LogP contribution in [-0.4, -0.2) is 19.5 Å². The third-order valence-electron chi connectivity index (χ3n) is 1.82. The van der Waals surface area contributed by atoms with Crippen LogP contribution in [0.25, 0.3) is 0 Å². The monoisotopic (exact) mass is 229 g/mol. The van der Waals surface area contributed by atoms with Gasteiger partial charge in [0, 0.05) is 0 Å². The molecule has 1 aromatic rings. The van der Waals surface area contributed by atoms with Crippen LogP contribution in [0.3, 0.4) is 0 Å². The Balaban J connectivity index is 3.01. The first kappa shape index (κ1) is 11.7. The van der Waals surface area contributed by atoms with Gasteiger partial charge in [0.05, 0.1) is 12.2 Å². The molecule has 0 aliphatic carbocycles. The lowest BCUT2D eigenvalue weighted by Gasteiger charge is -2.05. The minimum Gasteiger partial charge on any atom is -0.481 e. The molecule has 15 heavy (non-hydrogen) atoms. The van der Waals surface area contributed by atoms with Crippen LogP contribution < -0.4 is 5.14 Å². The van der Waals surface area contributed by atoms with Crippen molar-refractivity contribution in [3.8, 4) is 0 Å². The first-order chi connectivity index (χ1) is 6.88. The topological polar surface area (TPSA) is 97.5 Å². The SMILES string of the molecule is NS(=O)(=O)Cc1ccccc1CC(=O)O. The van der Waals surface area contributed by atoms with E-state index in [2.05, 4.69) is 0 Å². The van der Waals surface area contributed by atoms with Crippen molar-refractivity contribution < 1.29 is 18.3 Å². The summed E-state index contributed by atoms with van der Waals surface area (Å²) in [6, 6.07) is 6.44. The van der Waals surface area contributed by atoms with Crippen LogP contribution in [0.4, 0.5) is 0 Å². The van der Waals surface area contributed by atoms with Crippen molar-refractivity contribution in [1.82, 2.24) is 0 Å². The van der Waals surface area contributed by atoms with Gasteiger partial charge >= 0.3 is 5.97 Å². The van der Waals surface area contributed by atoms with Crippen molar-refractivity contribution in [2.75, 3.05) is 0 Å². The molecule has 0 saturated carbocycles. The Hall–Kier alpha value is -1.40. The fourth-order valence-corrected chi connectivity index (χ4v) is 1.97. The number of nitrogens with two attached hydrogens (primary N) is 1. The molecule has 5 nitrogen and oxygen atoms in total. The zero-order valence-corrected chi connectivity index (χ0v) is 8.70. The van der Waals surface area contributed by atoms with Crippen LogP contribution in [0.15, 0.2) is 24.3 Å². The van der Waals surface area contributed by atoms with Gasteiger partial charge in [-0.05, 0) is 11.1 Å². The molecule has 0 aliphatic heterocycles. The van der Waals surface area contributed by atoms with E-state index in [1.165, 1.54) is 0 Å². The summed E-state index contributed by atoms with van der Waals surface area (Å²) in [4.78, 5) is 10.5. The molecular weight excluding hydrogens is 218 g/mol. The van der Waals surface area contributed by atoms with E-state index in [1.54, 1.807) is 24.3 Å². The fraction of sp³-hybridized carbons (Fsp3) is 0.222. The minimum atomic E-state index is -3.63. The molecule has 0 amide bonds. The number of sulfonamides is 1. The van der Waals surface area contributed by atoms with Crippen LogP contribution in [0.5, 0.6) is 0 Å². The van der Waals surface area contributed by atoms with Crippen LogP contribution in [0, 0.1) is 0 Å². The van der Waals surface area contributed by atoms with Gasteiger partial charge in [-0.1, -0.05) is 24.3 Å². The van der Waals surface area contributed by atoms with Gasteiger partial charge in [0.1, 0.15) is 0 Å². The molecule has 0 aliphatic rings. The Morgan fingerprint density at radius 2 is 1.80 bits per heavy atom. The average molecular weight is 229 g/mol. The molecule has 0 bridgehead atoms. The van der Waals surface area contributed by atoms with Gasteiger partial charge in [0.15, 0.2) is 0 Å². The summed E-state index contributed by atoms with van der Waals surface area (Å²) in [6.07, 6.45) is -0.203. The smallest absolute Gasteiger partial charge is 0.307 e. The zero-order valence-electron chi connectivity index (χ0n) is 7.88. The molecular formula is C9H11NO4S. The zero-order chi connectivity index (χ0) is 11.5. The molecule has 0 aromatic heterocycles. The van der Waals surface area contributed by atoms with E-state index in [9.17, 15) is 13.2 Å². The second-order valence-corrected chi connectivity index (χ2v) is 4.76. The maximum atomic E-state index is 10.9. The lowest BCUT2D eigenvalue weighted by atomic mass is 10.1. The number of aliphatic carboxylic acids is 1. The quantitative estimate of drug-likeness (QED) is 0.765. The predicted octanol–water partition coefficient (Wildman–Crippen LogP) is 0.102. The van der Waals surface area contributed by atoms with E-state index in [-0.39, 0.29) is 12.2 Å². The van der Waals surface area contributed by atoms with E-state index in [1.807, 2.05) is 0 Å². The highest BCUT2D eigenvalue weighted by Gasteiger charge is 2.11. The van der Waals surface area contributed by atoms with Crippen LogP contribution >= 0.6 is 0 Å². The van der Waals surface area contributed by atoms with E-state index >= 15 is 0 Å². The summed E-state index contributed by atoms with van der Waals surface area (Å²) in [6.45, 7) is 0. The van der Waals surface area contributed by atoms with Gasteiger partial charge in [-0.15, -0.1) is 0 Å². The average Bonchev–Trinajstić information content (AvgIpc) is 2.05. The van der Waals surface area contributed by atoms with Crippen molar-refractivity contribution in [2.45, 2.75) is 12.2 Å². The molecule has 1 aromatic carbocycles. The Morgan fingerprint density at radius 3 is 2.27 bits per heavy atom. The van der Waals surface area contributed by atoms with Crippen LogP contribution in [-0.2, 0) is 27.0 Å². The summed E-state index contributed by atoms with van der Waals surface area (Å²) < 4.78 is 21.7. The van der Waals surface area contributed by atoms with Gasteiger partial charge in [-0.2, -0.15) is 0 Å². The van der Waals surface area contributed by atoms with Crippen molar-refractivity contribution in [1.29, 1.82) is 0 Å². The molecule has 0 unspecified atom stereocenters. The van der Waals surface area contributed by atoms with Gasteiger partial charge in [-0.25, -0.2) is 13.6 Å². The standard InChI is InChI=1S/C9H11NO4S/c10-15(13,14)6-8-4-2-1-3-7(8)5-9(11)12/h1-4H,5-6H2,(H,11,12)(H2,10,13,14). The number of rotatable bonds is 4. The lowest BCUT2D eigenvalue weighted by molar-refractivity contribution is -0.136. The number of hydrogen-bond donors (Lipinski definition) is 2. The Bertz CT molecular complexity index is 467. The van der Waals surface area contributed by atoms with Gasteiger partial charge < -0.3 is 5.11 Å². The van der Waals surface area contributed by atoms with E-state index < -0.39 is 16.0 Å². The largest absolute Gasteiger partial charge is 0.481 e. The van der Waals surface area contributed by atoms with Crippen LogP contribution in [0.1, 0.15) is 11.1 Å². The predicted molar refractivity (Wildman–Crippen MR) is 54.6 cm³/mol. The van der Waals surface area contributed by atoms with Crippen molar-refractivity contribution in [3.63, 3.8) is 0 Å². The number of benzene rings is 1. The molecule has 0 spiro atoms. The molecule has 6 heteroatoms. The summed E-state index contributed by atoms with van der Waals surface area (Å²) >= 11 is 0. The van der Waals surface area contributed by atoms with Gasteiger partial charge in [0.2, 0.25) is 10.0 Å². The molecule has 3 N–H and O–H groups in total. The van der Waals surface area contributed by atoms with Gasteiger partial charge in [0.25, 0.3) is 0 Å². The molecule has 82 valence electrons. The first-order valence-electron chi connectivity index (χ1n) is 4.17. The summed E-state index contributed by atoms with van der Waals surface area (Å²) in [5, 5.41) is 13.5. The number of carbonyl (C=O) groups is 1. The molecule has 0 radical (unpaired) electrons. The van der Waals surface area contributed by atoms with Crippen molar-refractivity contribution in [2.24, 2.45) is 5.14 Å². The third kappa shape index (κ3) is 4.09. The van der Waals surface area contributed by atoms with E-state index in [0.29, 0.717) is 11.1 Å². The second-order valence-electron chi connectivity index (χ2n) is 3.15. The number of carboxylic acid groups (broad SMARTS) is 1. The highest BCUT2D eigenvalue weighted by atomic mass is 32.2. The summed E-state index contributed by atoms with van der Waals surface area (Å²) in [7, 11) is -3.63. The van der Waals surface area contributed by atoms with E-state index in [4.69, 9.17) is 10.2 Å². The maximum Gasteiger partial charge on any atom is 0.307 e. The lowest BCUT2D eigenvalue weighted by Crippen LogP contribution is -2.16. The Kier molecular flexibility index (Phi) is 3.43. The third-order valence-corrected chi connectivity index (χ3v) is 2.53. The number of primary sulfonamides is 1. The molecule has 1 rings (SSSR count). The fourth-order valence-electron chi connectivity index (χ4n) is 1.25. The minimum absolute atomic E-state index is 0.203. The van der Waals surface area contributed by atoms with Crippen LogP contribution in [0.2, 0.25) is 0 Å². The highest BCUT2D eigenvalue weighted by Crippen LogP contribution is 2.11. The highest BCUT2D eigenvalue weighted by molar-refractivity contribution is 7.88. The molecule has 0 saturated heterocycles. The summed E-state index contributed by atoms with van der Waals surface area (Å²) in [5.41, 5.74) is 0.904. The Morgan fingerprint density at radius 1 is 1.27 bits per heavy atom. The van der Waals surface area contributed by atoms with Crippen molar-refractivity contribution >= 4 is 16.0 Å². The second kappa shape index (κ2) is 4.41. The Labute approximate surface area is 87.6 Å².